The van der Waals surface area contributed by atoms with Gasteiger partial charge in [0.05, 0.1) is 31.9 Å². The highest BCUT2D eigenvalue weighted by Crippen LogP contribution is 2.27. The van der Waals surface area contributed by atoms with Crippen LogP contribution in [-0.4, -0.2) is 48.8 Å². The number of nitrogens with zero attached hydrogens (tertiary/aromatic N) is 2. The molecule has 0 bridgehead atoms. The van der Waals surface area contributed by atoms with Crippen molar-refractivity contribution in [3.05, 3.63) is 53.9 Å². The molecule has 3 aromatic rings. The highest BCUT2D eigenvalue weighted by molar-refractivity contribution is 5.94. The van der Waals surface area contributed by atoms with Gasteiger partial charge in [0.1, 0.15) is 12.4 Å². The van der Waals surface area contributed by atoms with Crippen LogP contribution in [0.15, 0.2) is 42.5 Å². The predicted octanol–water partition coefficient (Wildman–Crippen LogP) is 2.59. The first-order valence-corrected chi connectivity index (χ1v) is 9.67. The van der Waals surface area contributed by atoms with Gasteiger partial charge in [0, 0.05) is 18.5 Å². The zero-order valence-electron chi connectivity index (χ0n) is 17.3. The quantitative estimate of drug-likeness (QED) is 0.544. The normalized spacial score (nSPS) is 10.6. The summed E-state index contributed by atoms with van der Waals surface area (Å²) >= 11 is 0. The number of amides is 1. The number of carbonyl (C=O) groups is 2. The Labute approximate surface area is 174 Å². The Bertz CT molecular complexity index is 1040. The summed E-state index contributed by atoms with van der Waals surface area (Å²) in [5, 5.41) is 2.88. The fourth-order valence-electron chi connectivity index (χ4n) is 3.20. The van der Waals surface area contributed by atoms with E-state index in [2.05, 4.69) is 10.3 Å². The Kier molecular flexibility index (Phi) is 6.90. The number of rotatable bonds is 9. The number of esters is 1. The molecule has 1 N–H and O–H groups in total. The van der Waals surface area contributed by atoms with Crippen molar-refractivity contribution in [2.24, 2.45) is 0 Å². The van der Waals surface area contributed by atoms with E-state index in [9.17, 15) is 9.59 Å². The maximum atomic E-state index is 12.5. The molecule has 0 aliphatic rings. The summed E-state index contributed by atoms with van der Waals surface area (Å²) < 4.78 is 17.4. The summed E-state index contributed by atoms with van der Waals surface area (Å²) in [6, 6.07) is 12.6. The van der Waals surface area contributed by atoms with E-state index in [-0.39, 0.29) is 18.4 Å². The third-order valence-electron chi connectivity index (χ3n) is 4.61. The Morgan fingerprint density at radius 1 is 1.07 bits per heavy atom. The molecule has 1 aromatic heterocycles. The van der Waals surface area contributed by atoms with Gasteiger partial charge in [-0.25, -0.2) is 4.98 Å². The average molecular weight is 411 g/mol. The minimum Gasteiger partial charge on any atom is -0.493 e. The Balaban J connectivity index is 1.71. The van der Waals surface area contributed by atoms with Crippen molar-refractivity contribution in [3.8, 4) is 11.5 Å². The number of ether oxygens (including phenoxy) is 3. The molecular formula is C22H25N3O5. The zero-order valence-corrected chi connectivity index (χ0v) is 17.3. The maximum Gasteiger partial charge on any atom is 0.326 e. The lowest BCUT2D eigenvalue weighted by atomic mass is 10.2. The van der Waals surface area contributed by atoms with Crippen LogP contribution in [0.25, 0.3) is 11.0 Å². The fraction of sp³-hybridized carbons (Fsp3) is 0.318. The van der Waals surface area contributed by atoms with Crippen molar-refractivity contribution in [1.82, 2.24) is 14.9 Å². The van der Waals surface area contributed by atoms with Crippen molar-refractivity contribution in [3.63, 3.8) is 0 Å². The molecule has 0 aliphatic carbocycles. The molecule has 8 heteroatoms. The van der Waals surface area contributed by atoms with Crippen molar-refractivity contribution in [2.45, 2.75) is 19.9 Å². The minimum atomic E-state index is -0.323. The molecule has 1 heterocycles. The van der Waals surface area contributed by atoms with E-state index in [1.165, 1.54) is 7.11 Å². The second kappa shape index (κ2) is 9.78. The topological polar surface area (TPSA) is 91.7 Å². The van der Waals surface area contributed by atoms with Crippen molar-refractivity contribution < 1.29 is 23.8 Å². The van der Waals surface area contributed by atoms with Crippen LogP contribution >= 0.6 is 0 Å². The molecule has 8 nitrogen and oxygen atoms in total. The van der Waals surface area contributed by atoms with Crippen LogP contribution in [0.3, 0.4) is 0 Å². The van der Waals surface area contributed by atoms with E-state index in [4.69, 9.17) is 14.2 Å². The zero-order chi connectivity index (χ0) is 21.5. The molecule has 0 saturated carbocycles. The van der Waals surface area contributed by atoms with Gasteiger partial charge in [-0.3, -0.25) is 9.59 Å². The number of fused-ring (bicyclic) bond motifs is 1. The summed E-state index contributed by atoms with van der Waals surface area (Å²) in [4.78, 5) is 29.2. The molecule has 0 fully saturated rings. The first-order valence-electron chi connectivity index (χ1n) is 9.67. The SMILES string of the molecule is CCOC(=O)Cn1c(CCNC(=O)c2ccc(OC)c(OC)c2)nc2ccccc21. The van der Waals surface area contributed by atoms with Gasteiger partial charge in [-0.15, -0.1) is 0 Å². The number of imidazole rings is 1. The van der Waals surface area contributed by atoms with Gasteiger partial charge in [-0.05, 0) is 37.3 Å². The summed E-state index contributed by atoms with van der Waals surface area (Å²) in [6.45, 7) is 2.53. The Morgan fingerprint density at radius 3 is 2.57 bits per heavy atom. The van der Waals surface area contributed by atoms with Crippen LogP contribution in [0.1, 0.15) is 23.1 Å². The van der Waals surface area contributed by atoms with Crippen LogP contribution in [0, 0.1) is 0 Å². The molecule has 0 unspecified atom stereocenters. The van der Waals surface area contributed by atoms with Gasteiger partial charge in [0.15, 0.2) is 11.5 Å². The van der Waals surface area contributed by atoms with Crippen LogP contribution in [0.5, 0.6) is 11.5 Å². The number of para-hydroxylation sites is 2. The number of carbonyl (C=O) groups excluding carboxylic acids is 2. The fourth-order valence-corrected chi connectivity index (χ4v) is 3.20. The van der Waals surface area contributed by atoms with E-state index < -0.39 is 0 Å². The molecule has 0 radical (unpaired) electrons. The second-order valence-corrected chi connectivity index (χ2v) is 6.48. The van der Waals surface area contributed by atoms with Gasteiger partial charge in [0.2, 0.25) is 0 Å². The Hall–Kier alpha value is -3.55. The van der Waals surface area contributed by atoms with Crippen molar-refractivity contribution in [1.29, 1.82) is 0 Å². The number of nitrogens with one attached hydrogen (secondary N) is 1. The lowest BCUT2D eigenvalue weighted by Crippen LogP contribution is -2.27. The number of methoxy groups -OCH3 is 2. The van der Waals surface area contributed by atoms with Crippen LogP contribution in [0.4, 0.5) is 0 Å². The molecule has 1 amide bonds. The molecule has 0 spiro atoms. The van der Waals surface area contributed by atoms with Crippen LogP contribution < -0.4 is 14.8 Å². The third-order valence-corrected chi connectivity index (χ3v) is 4.61. The number of hydrogen-bond acceptors (Lipinski definition) is 6. The minimum absolute atomic E-state index is 0.0767. The molecule has 0 aliphatic heterocycles. The molecular weight excluding hydrogens is 386 g/mol. The summed E-state index contributed by atoms with van der Waals surface area (Å²) in [7, 11) is 3.06. The number of benzene rings is 2. The van der Waals surface area contributed by atoms with E-state index >= 15 is 0 Å². The number of aromatic nitrogens is 2. The van der Waals surface area contributed by atoms with Gasteiger partial charge >= 0.3 is 5.97 Å². The molecule has 0 atom stereocenters. The first kappa shape index (κ1) is 21.2. The third kappa shape index (κ3) is 4.71. The van der Waals surface area contributed by atoms with Crippen LogP contribution in [-0.2, 0) is 22.5 Å². The van der Waals surface area contributed by atoms with Crippen molar-refractivity contribution in [2.75, 3.05) is 27.4 Å². The summed E-state index contributed by atoms with van der Waals surface area (Å²) in [5.41, 5.74) is 2.11. The van der Waals surface area contributed by atoms with Crippen LogP contribution in [0.2, 0.25) is 0 Å². The first-order chi connectivity index (χ1) is 14.6. The average Bonchev–Trinajstić information content (AvgIpc) is 3.10. The van der Waals surface area contributed by atoms with Gasteiger partial charge in [-0.2, -0.15) is 0 Å². The van der Waals surface area contributed by atoms with Crippen molar-refractivity contribution >= 4 is 22.9 Å². The summed E-state index contributed by atoms with van der Waals surface area (Å²) in [5.74, 6) is 1.19. The molecule has 30 heavy (non-hydrogen) atoms. The van der Waals surface area contributed by atoms with Gasteiger partial charge in [-0.1, -0.05) is 12.1 Å². The largest absolute Gasteiger partial charge is 0.493 e. The van der Waals surface area contributed by atoms with E-state index in [0.717, 1.165) is 11.0 Å². The van der Waals surface area contributed by atoms with E-state index in [0.29, 0.717) is 42.5 Å². The smallest absolute Gasteiger partial charge is 0.326 e. The van der Waals surface area contributed by atoms with Gasteiger partial charge < -0.3 is 24.1 Å². The van der Waals surface area contributed by atoms with E-state index in [1.54, 1.807) is 32.2 Å². The molecule has 2 aromatic carbocycles. The number of hydrogen-bond donors (Lipinski definition) is 1. The molecule has 0 saturated heterocycles. The monoisotopic (exact) mass is 411 g/mol. The highest BCUT2D eigenvalue weighted by Gasteiger charge is 2.15. The Morgan fingerprint density at radius 2 is 1.83 bits per heavy atom. The maximum absolute atomic E-state index is 12.5. The summed E-state index contributed by atoms with van der Waals surface area (Å²) in [6.07, 6.45) is 0.465. The lowest BCUT2D eigenvalue weighted by Gasteiger charge is -2.11. The molecule has 3 rings (SSSR count). The van der Waals surface area contributed by atoms with Gasteiger partial charge in [0.25, 0.3) is 5.91 Å². The predicted molar refractivity (Wildman–Crippen MR) is 112 cm³/mol. The standard InChI is InChI=1S/C22H25N3O5/c1-4-30-21(26)14-25-17-8-6-5-7-16(17)24-20(25)11-12-23-22(27)15-9-10-18(28-2)19(13-15)29-3/h5-10,13H,4,11-12,14H2,1-3H3,(H,23,27). The lowest BCUT2D eigenvalue weighted by molar-refractivity contribution is -0.143. The molecule has 158 valence electrons. The highest BCUT2D eigenvalue weighted by atomic mass is 16.5. The van der Waals surface area contributed by atoms with E-state index in [1.807, 2.05) is 28.8 Å². The second-order valence-electron chi connectivity index (χ2n) is 6.48.